The Morgan fingerprint density at radius 2 is 1.88 bits per heavy atom. The third kappa shape index (κ3) is 1.61. The first-order chi connectivity index (χ1) is 7.48. The number of carboxylic acid groups (broad SMARTS) is 1. The molecule has 0 aromatic rings. The summed E-state index contributed by atoms with van der Waals surface area (Å²) in [6, 6.07) is 0. The second-order valence-electron chi connectivity index (χ2n) is 4.34. The topological polar surface area (TPSA) is 74.7 Å². The van der Waals surface area contributed by atoms with Crippen LogP contribution in [0.25, 0.3) is 0 Å². The van der Waals surface area contributed by atoms with E-state index in [1.54, 1.807) is 0 Å². The molecule has 0 aromatic carbocycles. The Labute approximate surface area is 97.2 Å². The number of hydrogen-bond donors (Lipinski definition) is 1. The number of imide groups is 1. The van der Waals surface area contributed by atoms with Gasteiger partial charge < -0.3 is 5.11 Å². The normalized spacial score (nSPS) is 25.4. The first-order valence-corrected chi connectivity index (χ1v) is 6.30. The molecule has 6 heteroatoms. The quantitative estimate of drug-likeness (QED) is 0.723. The van der Waals surface area contributed by atoms with E-state index in [1.165, 1.54) is 18.7 Å². The molecule has 1 saturated carbocycles. The zero-order chi connectivity index (χ0) is 11.9. The summed E-state index contributed by atoms with van der Waals surface area (Å²) in [5.74, 6) is -1.52. The summed E-state index contributed by atoms with van der Waals surface area (Å²) in [6.07, 6.45) is 1.54. The van der Waals surface area contributed by atoms with Gasteiger partial charge in [0, 0.05) is 0 Å². The summed E-state index contributed by atoms with van der Waals surface area (Å²) >= 11 is 1.24. The fourth-order valence-electron chi connectivity index (χ4n) is 2.11. The number of rotatable bonds is 3. The fraction of sp³-hybridized carbons (Fsp3) is 0.700. The summed E-state index contributed by atoms with van der Waals surface area (Å²) in [7, 11) is 0. The molecular weight excluding hydrogens is 230 g/mol. The summed E-state index contributed by atoms with van der Waals surface area (Å²) in [6.45, 7) is 1.48. The Hall–Kier alpha value is -1.04. The number of thioether (sulfide) groups is 1. The SMILES string of the molecule is CC(C(=O)O)(C1CC1)N1C(=O)CSCC1=O. The molecule has 0 bridgehead atoms. The van der Waals surface area contributed by atoms with Gasteiger partial charge in [-0.2, -0.15) is 0 Å². The Bertz CT molecular complexity index is 350. The molecule has 1 heterocycles. The summed E-state index contributed by atoms with van der Waals surface area (Å²) < 4.78 is 0. The molecule has 1 atom stereocenters. The van der Waals surface area contributed by atoms with Crippen molar-refractivity contribution < 1.29 is 19.5 Å². The first kappa shape index (κ1) is 11.4. The zero-order valence-electron chi connectivity index (χ0n) is 8.93. The molecule has 1 aliphatic heterocycles. The summed E-state index contributed by atoms with van der Waals surface area (Å²) in [5.41, 5.74) is -1.34. The standard InChI is InChI=1S/C10H13NO4S/c1-10(9(14)15,6-2-3-6)11-7(12)4-16-5-8(11)13/h6H,2-5H2,1H3,(H,14,15). The van der Waals surface area contributed by atoms with Gasteiger partial charge in [-0.15, -0.1) is 11.8 Å². The van der Waals surface area contributed by atoms with Crippen molar-refractivity contribution in [1.82, 2.24) is 4.90 Å². The third-order valence-corrected chi connectivity index (χ3v) is 4.12. The first-order valence-electron chi connectivity index (χ1n) is 5.15. The molecule has 1 aliphatic carbocycles. The number of aliphatic carboxylic acids is 1. The van der Waals surface area contributed by atoms with Gasteiger partial charge in [0.15, 0.2) is 0 Å². The van der Waals surface area contributed by atoms with Crippen LogP contribution in [0.1, 0.15) is 19.8 Å². The molecule has 2 amide bonds. The monoisotopic (exact) mass is 243 g/mol. The van der Waals surface area contributed by atoms with Crippen LogP contribution in [0.15, 0.2) is 0 Å². The highest BCUT2D eigenvalue weighted by Crippen LogP contribution is 2.44. The minimum atomic E-state index is -1.34. The van der Waals surface area contributed by atoms with Crippen molar-refractivity contribution in [1.29, 1.82) is 0 Å². The van der Waals surface area contributed by atoms with E-state index in [1.807, 2.05) is 0 Å². The maximum atomic E-state index is 11.7. The lowest BCUT2D eigenvalue weighted by atomic mass is 9.93. The lowest BCUT2D eigenvalue weighted by Crippen LogP contribution is -2.61. The molecule has 2 aliphatic rings. The van der Waals surface area contributed by atoms with Crippen LogP contribution < -0.4 is 0 Å². The van der Waals surface area contributed by atoms with Crippen LogP contribution in [-0.4, -0.2) is 44.8 Å². The maximum Gasteiger partial charge on any atom is 0.330 e. The highest BCUT2D eigenvalue weighted by atomic mass is 32.2. The third-order valence-electron chi connectivity index (χ3n) is 3.22. The van der Waals surface area contributed by atoms with Crippen molar-refractivity contribution in [2.24, 2.45) is 5.92 Å². The number of carbonyl (C=O) groups is 3. The van der Waals surface area contributed by atoms with Crippen molar-refractivity contribution in [3.63, 3.8) is 0 Å². The van der Waals surface area contributed by atoms with Gasteiger partial charge in [0.05, 0.1) is 11.5 Å². The average Bonchev–Trinajstić information content (AvgIpc) is 2.99. The van der Waals surface area contributed by atoms with E-state index in [0.717, 1.165) is 17.7 Å². The van der Waals surface area contributed by atoms with Crippen LogP contribution in [0, 0.1) is 5.92 Å². The van der Waals surface area contributed by atoms with E-state index in [4.69, 9.17) is 0 Å². The van der Waals surface area contributed by atoms with Gasteiger partial charge in [0.2, 0.25) is 11.8 Å². The molecule has 5 nitrogen and oxygen atoms in total. The van der Waals surface area contributed by atoms with Crippen molar-refractivity contribution in [2.75, 3.05) is 11.5 Å². The van der Waals surface area contributed by atoms with E-state index in [9.17, 15) is 19.5 Å². The van der Waals surface area contributed by atoms with Gasteiger partial charge >= 0.3 is 5.97 Å². The number of carbonyl (C=O) groups excluding carboxylic acids is 2. The van der Waals surface area contributed by atoms with Crippen molar-refractivity contribution >= 4 is 29.5 Å². The molecule has 1 saturated heterocycles. The minimum absolute atomic E-state index is 0.0824. The van der Waals surface area contributed by atoms with Crippen molar-refractivity contribution in [2.45, 2.75) is 25.3 Å². The molecule has 0 spiro atoms. The second kappa shape index (κ2) is 3.76. The molecule has 0 aromatic heterocycles. The lowest BCUT2D eigenvalue weighted by molar-refractivity contribution is -0.165. The molecule has 2 fully saturated rings. The Morgan fingerprint density at radius 1 is 1.38 bits per heavy atom. The molecule has 0 radical (unpaired) electrons. The van der Waals surface area contributed by atoms with Crippen LogP contribution in [0.5, 0.6) is 0 Å². The highest BCUT2D eigenvalue weighted by molar-refractivity contribution is 8.00. The maximum absolute atomic E-state index is 11.7. The summed E-state index contributed by atoms with van der Waals surface area (Å²) in [5, 5.41) is 9.28. The van der Waals surface area contributed by atoms with Crippen LogP contribution in [0.4, 0.5) is 0 Å². The van der Waals surface area contributed by atoms with Gasteiger partial charge in [0.25, 0.3) is 0 Å². The van der Waals surface area contributed by atoms with Gasteiger partial charge in [-0.3, -0.25) is 14.5 Å². The Kier molecular flexibility index (Phi) is 2.69. The predicted molar refractivity (Wildman–Crippen MR) is 57.9 cm³/mol. The van der Waals surface area contributed by atoms with Crippen LogP contribution in [0.3, 0.4) is 0 Å². The molecule has 1 unspecified atom stereocenters. The molecular formula is C10H13NO4S. The number of carboxylic acids is 1. The van der Waals surface area contributed by atoms with Gasteiger partial charge in [-0.25, -0.2) is 4.79 Å². The van der Waals surface area contributed by atoms with Gasteiger partial charge in [0.1, 0.15) is 5.54 Å². The number of amides is 2. The van der Waals surface area contributed by atoms with Gasteiger partial charge in [-0.1, -0.05) is 0 Å². The van der Waals surface area contributed by atoms with E-state index in [-0.39, 0.29) is 29.2 Å². The van der Waals surface area contributed by atoms with Crippen molar-refractivity contribution in [3.05, 3.63) is 0 Å². The number of hydrogen-bond acceptors (Lipinski definition) is 4. The van der Waals surface area contributed by atoms with Crippen LogP contribution >= 0.6 is 11.8 Å². The molecule has 88 valence electrons. The van der Waals surface area contributed by atoms with E-state index >= 15 is 0 Å². The molecule has 16 heavy (non-hydrogen) atoms. The average molecular weight is 243 g/mol. The highest BCUT2D eigenvalue weighted by Gasteiger charge is 2.56. The zero-order valence-corrected chi connectivity index (χ0v) is 9.75. The Morgan fingerprint density at radius 3 is 2.25 bits per heavy atom. The Balaban J connectivity index is 2.34. The molecule has 1 N–H and O–H groups in total. The lowest BCUT2D eigenvalue weighted by Gasteiger charge is -2.38. The second-order valence-corrected chi connectivity index (χ2v) is 5.33. The van der Waals surface area contributed by atoms with Gasteiger partial charge in [-0.05, 0) is 25.7 Å². The van der Waals surface area contributed by atoms with E-state index in [0.29, 0.717) is 0 Å². The fourth-order valence-corrected chi connectivity index (χ4v) is 2.82. The van der Waals surface area contributed by atoms with Crippen LogP contribution in [0.2, 0.25) is 0 Å². The largest absolute Gasteiger partial charge is 0.479 e. The van der Waals surface area contributed by atoms with E-state index < -0.39 is 11.5 Å². The van der Waals surface area contributed by atoms with Crippen molar-refractivity contribution in [3.8, 4) is 0 Å². The number of nitrogens with zero attached hydrogens (tertiary/aromatic N) is 1. The summed E-state index contributed by atoms with van der Waals surface area (Å²) in [4.78, 5) is 35.7. The minimum Gasteiger partial charge on any atom is -0.479 e. The smallest absolute Gasteiger partial charge is 0.330 e. The predicted octanol–water partition coefficient (Wildman–Crippen LogP) is 0.342. The molecule has 2 rings (SSSR count). The van der Waals surface area contributed by atoms with E-state index in [2.05, 4.69) is 0 Å². The van der Waals surface area contributed by atoms with Crippen LogP contribution in [-0.2, 0) is 14.4 Å².